The first kappa shape index (κ1) is 30.2. The molecule has 6 aromatic heterocycles. The number of nitrogens with one attached hydrogen (secondary N) is 6. The van der Waals surface area contributed by atoms with E-state index in [1.54, 1.807) is 24.8 Å². The lowest BCUT2D eigenvalue weighted by atomic mass is 9.99. The van der Waals surface area contributed by atoms with Crippen molar-refractivity contribution in [2.24, 2.45) is 0 Å². The molecule has 48 heavy (non-hydrogen) atoms. The van der Waals surface area contributed by atoms with E-state index in [2.05, 4.69) is 49.8 Å². The van der Waals surface area contributed by atoms with Gasteiger partial charge in [-0.1, -0.05) is 0 Å². The number of aromatic amines is 4. The van der Waals surface area contributed by atoms with Crippen LogP contribution in [0.5, 0.6) is 0 Å². The zero-order valence-corrected chi connectivity index (χ0v) is 27.9. The minimum Gasteiger partial charge on any atom is -0.304 e. The Hall–Kier alpha value is -3.86. The lowest BCUT2D eigenvalue weighted by Crippen LogP contribution is -2.35. The Morgan fingerprint density at radius 2 is 1.00 bits per heavy atom. The maximum Gasteiger partial charge on any atom is 0.214 e. The van der Waals surface area contributed by atoms with Gasteiger partial charge in [-0.25, -0.2) is 46.2 Å². The van der Waals surface area contributed by atoms with Crippen molar-refractivity contribution in [3.05, 3.63) is 48.3 Å². The highest BCUT2D eigenvalue weighted by atomic mass is 32.2. The quantitative estimate of drug-likeness (QED) is 0.135. The maximum absolute atomic E-state index is 12.2. The normalized spacial score (nSPS) is 25.0. The molecule has 6 N–H and O–H groups in total. The predicted octanol–water partition coefficient (Wildman–Crippen LogP) is 4.31. The molecule has 14 nitrogen and oxygen atoms in total. The number of aromatic nitrogens is 8. The first-order chi connectivity index (χ1) is 23.2. The van der Waals surface area contributed by atoms with Crippen molar-refractivity contribution in [2.75, 3.05) is 0 Å². The molecule has 4 aliphatic rings. The van der Waals surface area contributed by atoms with E-state index in [0.29, 0.717) is 11.8 Å². The van der Waals surface area contributed by atoms with Gasteiger partial charge in [-0.3, -0.25) is 10.2 Å². The molecule has 6 heterocycles. The monoisotopic (exact) mass is 690 g/mol. The van der Waals surface area contributed by atoms with Gasteiger partial charge in [0.05, 0.1) is 33.9 Å². The van der Waals surface area contributed by atoms with E-state index in [9.17, 15) is 16.8 Å². The molecule has 4 fully saturated rings. The molecule has 4 aliphatic carbocycles. The third kappa shape index (κ3) is 5.47. The highest BCUT2D eigenvalue weighted by Crippen LogP contribution is 2.41. The Balaban J connectivity index is 0.000000131. The molecule has 0 radical (unpaired) electrons. The summed E-state index contributed by atoms with van der Waals surface area (Å²) in [7, 11) is -6.24. The molecule has 252 valence electrons. The number of rotatable bonds is 8. The summed E-state index contributed by atoms with van der Waals surface area (Å²) in [5.74, 6) is 0.623. The van der Waals surface area contributed by atoms with Crippen molar-refractivity contribution in [2.45, 2.75) is 98.6 Å². The van der Waals surface area contributed by atoms with Crippen LogP contribution in [0.4, 0.5) is 0 Å². The molecule has 0 unspecified atom stereocenters. The lowest BCUT2D eigenvalue weighted by Gasteiger charge is -2.13. The van der Waals surface area contributed by atoms with Gasteiger partial charge in [0.1, 0.15) is 0 Å². The van der Waals surface area contributed by atoms with Crippen LogP contribution in [0.25, 0.3) is 43.9 Å². The summed E-state index contributed by atoms with van der Waals surface area (Å²) in [4.78, 5) is 17.2. The second kappa shape index (κ2) is 11.4. The van der Waals surface area contributed by atoms with Gasteiger partial charge in [-0.2, -0.15) is 0 Å². The van der Waals surface area contributed by atoms with Crippen molar-refractivity contribution in [1.82, 2.24) is 49.8 Å². The summed E-state index contributed by atoms with van der Waals surface area (Å²) >= 11 is 0. The van der Waals surface area contributed by atoms with Crippen LogP contribution >= 0.6 is 0 Å². The van der Waals surface area contributed by atoms with Crippen molar-refractivity contribution < 1.29 is 16.8 Å². The van der Waals surface area contributed by atoms with Crippen LogP contribution < -0.4 is 9.44 Å². The summed E-state index contributed by atoms with van der Waals surface area (Å²) < 4.78 is 54.4. The summed E-state index contributed by atoms with van der Waals surface area (Å²) in [5, 5.41) is 17.0. The minimum absolute atomic E-state index is 0.0362. The standard InChI is InChI=1S/2C16H19N5O2S/c2*22-24(23,11-3-4-11)21-10-2-1-9(7-10)15-14-12-5-6-17-16(12)18-8-13(14)19-20-15/h2*5-6,8-11,19-21H,1-4,7H2/t9-,10+;9-,10-/m01/s1. The second-order valence-corrected chi connectivity index (χ2v) is 17.9. The molecule has 6 aromatic rings. The van der Waals surface area contributed by atoms with Gasteiger partial charge in [0.15, 0.2) is 11.3 Å². The average molecular weight is 691 g/mol. The summed E-state index contributed by atoms with van der Waals surface area (Å²) in [6.07, 6.45) is 15.7. The van der Waals surface area contributed by atoms with Crippen molar-refractivity contribution in [1.29, 1.82) is 0 Å². The molecule has 4 atom stereocenters. The number of hydrogen-bond acceptors (Lipinski definition) is 8. The van der Waals surface area contributed by atoms with E-state index >= 15 is 0 Å². The highest BCUT2D eigenvalue weighted by Gasteiger charge is 2.40. The Labute approximate surface area is 276 Å². The number of sulfonamides is 2. The van der Waals surface area contributed by atoms with E-state index in [-0.39, 0.29) is 22.6 Å². The lowest BCUT2D eigenvalue weighted by molar-refractivity contribution is 0.545. The van der Waals surface area contributed by atoms with Gasteiger partial charge in [0, 0.05) is 69.2 Å². The fourth-order valence-electron chi connectivity index (χ4n) is 7.81. The van der Waals surface area contributed by atoms with E-state index < -0.39 is 20.0 Å². The molecule has 0 aromatic carbocycles. The Morgan fingerprint density at radius 1 is 0.562 bits per heavy atom. The number of pyridine rings is 2. The Bertz CT molecular complexity index is 2200. The van der Waals surface area contributed by atoms with Gasteiger partial charge < -0.3 is 10.2 Å². The van der Waals surface area contributed by atoms with Crippen LogP contribution in [0.2, 0.25) is 0 Å². The molecule has 0 aliphatic heterocycles. The van der Waals surface area contributed by atoms with Gasteiger partial charge in [-0.05, 0) is 76.3 Å². The van der Waals surface area contributed by atoms with E-state index in [1.165, 1.54) is 0 Å². The van der Waals surface area contributed by atoms with Crippen LogP contribution in [0.1, 0.15) is 87.4 Å². The molecule has 0 saturated heterocycles. The molecule has 4 saturated carbocycles. The first-order valence-corrected chi connectivity index (χ1v) is 19.9. The van der Waals surface area contributed by atoms with Crippen LogP contribution in [-0.2, 0) is 20.0 Å². The number of hydrogen-bond donors (Lipinski definition) is 6. The molecule has 0 amide bonds. The predicted molar refractivity (Wildman–Crippen MR) is 182 cm³/mol. The van der Waals surface area contributed by atoms with Gasteiger partial charge >= 0.3 is 0 Å². The minimum atomic E-state index is -3.12. The zero-order valence-electron chi connectivity index (χ0n) is 26.2. The Kier molecular flexibility index (Phi) is 7.15. The smallest absolute Gasteiger partial charge is 0.214 e. The number of H-pyrrole nitrogens is 4. The number of fused-ring (bicyclic) bond motifs is 6. The molecule has 10 rings (SSSR count). The van der Waals surface area contributed by atoms with Crippen LogP contribution in [-0.4, -0.2) is 79.7 Å². The van der Waals surface area contributed by atoms with E-state index in [0.717, 1.165) is 119 Å². The average Bonchev–Trinajstić information content (AvgIpc) is 3.63. The van der Waals surface area contributed by atoms with Crippen molar-refractivity contribution in [3.63, 3.8) is 0 Å². The molecule has 16 heteroatoms. The summed E-state index contributed by atoms with van der Waals surface area (Å²) in [5.41, 5.74) is 5.71. The Morgan fingerprint density at radius 3 is 1.42 bits per heavy atom. The largest absolute Gasteiger partial charge is 0.304 e. The van der Waals surface area contributed by atoms with Gasteiger partial charge in [-0.15, -0.1) is 0 Å². The van der Waals surface area contributed by atoms with Crippen molar-refractivity contribution >= 4 is 63.9 Å². The molecular formula is C32H38N10O4S2. The van der Waals surface area contributed by atoms with Crippen molar-refractivity contribution in [3.8, 4) is 0 Å². The summed E-state index contributed by atoms with van der Waals surface area (Å²) in [6, 6.07) is 4.04. The summed E-state index contributed by atoms with van der Waals surface area (Å²) in [6.45, 7) is 0. The van der Waals surface area contributed by atoms with Crippen LogP contribution in [0.15, 0.2) is 36.9 Å². The van der Waals surface area contributed by atoms with Gasteiger partial charge in [0.2, 0.25) is 20.0 Å². The van der Waals surface area contributed by atoms with Gasteiger partial charge in [0.25, 0.3) is 0 Å². The van der Waals surface area contributed by atoms with Crippen LogP contribution in [0, 0.1) is 0 Å². The third-order valence-electron chi connectivity index (χ3n) is 10.5. The highest BCUT2D eigenvalue weighted by molar-refractivity contribution is 7.90. The molecular weight excluding hydrogens is 653 g/mol. The molecule has 0 bridgehead atoms. The maximum atomic E-state index is 12.2. The zero-order chi connectivity index (χ0) is 32.6. The van der Waals surface area contributed by atoms with E-state index in [4.69, 9.17) is 0 Å². The van der Waals surface area contributed by atoms with E-state index in [1.807, 2.05) is 12.1 Å². The van der Waals surface area contributed by atoms with Crippen LogP contribution in [0.3, 0.4) is 0 Å². The third-order valence-corrected chi connectivity index (χ3v) is 14.6. The second-order valence-electron chi connectivity index (χ2n) is 13.9. The SMILES string of the molecule is O=S(=O)(N[C@@H]1CC[C@@H](c2[nH][nH]c3cnc4nccc4c23)C1)C1CC1.O=S(=O)(N[C@@H]1CC[C@H](c2[nH][nH]c3cnc4nccc4c23)C1)C1CC1. The number of nitrogens with zero attached hydrogens (tertiary/aromatic N) is 4. The fraction of sp³-hybridized carbons (Fsp3) is 0.500. The topological polar surface area (TPSA) is 207 Å². The first-order valence-electron chi connectivity index (χ1n) is 16.8. The fourth-order valence-corrected chi connectivity index (χ4v) is 11.1. The molecule has 0 spiro atoms.